The van der Waals surface area contributed by atoms with E-state index in [0.29, 0.717) is 26.1 Å². The molecule has 46 heavy (non-hydrogen) atoms. The number of sulfonamides is 1. The van der Waals surface area contributed by atoms with Gasteiger partial charge >= 0.3 is 0 Å². The van der Waals surface area contributed by atoms with Crippen LogP contribution in [0, 0.1) is 0 Å². The normalized spacial score (nSPS) is 13.0. The fraction of sp³-hybridized carbons (Fsp3) is 0.559. The zero-order chi connectivity index (χ0) is 34.4. The molecule has 0 saturated heterocycles. The summed E-state index contributed by atoms with van der Waals surface area (Å²) >= 11 is 0. The van der Waals surface area contributed by atoms with E-state index in [9.17, 15) is 27.9 Å². The van der Waals surface area contributed by atoms with Crippen LogP contribution < -0.4 is 10.1 Å². The van der Waals surface area contributed by atoms with Gasteiger partial charge in [0.1, 0.15) is 0 Å². The number of hydrogen-bond donors (Lipinski definition) is 3. The molecule has 0 aliphatic carbocycles. The highest BCUT2D eigenvalue weighted by molar-refractivity contribution is 7.90. The minimum Gasteiger partial charge on any atom is -0.390 e. The minimum atomic E-state index is -3.67. The van der Waals surface area contributed by atoms with Crippen LogP contribution in [0.2, 0.25) is 0 Å². The predicted octanol–water partition coefficient (Wildman–Crippen LogP) is 3.70. The van der Waals surface area contributed by atoms with Gasteiger partial charge in [0.05, 0.1) is 17.4 Å². The van der Waals surface area contributed by atoms with Crippen molar-refractivity contribution in [2.45, 2.75) is 84.1 Å². The van der Waals surface area contributed by atoms with Crippen molar-refractivity contribution in [1.82, 2.24) is 25.0 Å². The summed E-state index contributed by atoms with van der Waals surface area (Å²) in [6.07, 6.45) is 2.12. The van der Waals surface area contributed by atoms with Gasteiger partial charge in [-0.2, -0.15) is 0 Å². The van der Waals surface area contributed by atoms with Crippen LogP contribution in [0.3, 0.4) is 0 Å². The molecule has 0 bridgehead atoms. The summed E-state index contributed by atoms with van der Waals surface area (Å²) in [5.74, 6) is -1.19. The van der Waals surface area contributed by atoms with Gasteiger partial charge in [-0.15, -0.1) is 4.83 Å². The topological polar surface area (TPSA) is 139 Å². The van der Waals surface area contributed by atoms with E-state index in [2.05, 4.69) is 10.1 Å². The van der Waals surface area contributed by atoms with Crippen molar-refractivity contribution in [3.8, 4) is 0 Å². The van der Waals surface area contributed by atoms with E-state index in [0.717, 1.165) is 24.8 Å². The third-order valence-corrected chi connectivity index (χ3v) is 9.27. The molecule has 3 N–H and O–H groups in total. The molecular formula is C34H53N5O6S. The maximum atomic E-state index is 13.9. The van der Waals surface area contributed by atoms with Crippen LogP contribution in [-0.2, 0) is 16.4 Å². The molecule has 0 aliphatic rings. The molecule has 2 aromatic carbocycles. The smallest absolute Gasteiger partial charge is 0.253 e. The van der Waals surface area contributed by atoms with Gasteiger partial charge in [0.15, 0.2) is 0 Å². The summed E-state index contributed by atoms with van der Waals surface area (Å²) in [6, 6.07) is 13.0. The molecular weight excluding hydrogens is 606 g/mol. The molecule has 11 nitrogen and oxygen atoms in total. The second kappa shape index (κ2) is 18.7. The number of benzene rings is 2. The highest BCUT2D eigenvalue weighted by Gasteiger charge is 2.28. The van der Waals surface area contributed by atoms with Crippen LogP contribution in [0.15, 0.2) is 48.5 Å². The van der Waals surface area contributed by atoms with Crippen LogP contribution in [0.1, 0.15) is 96.9 Å². The first-order valence-electron chi connectivity index (χ1n) is 16.2. The minimum absolute atomic E-state index is 0.0738. The molecule has 2 atom stereocenters. The van der Waals surface area contributed by atoms with Crippen LogP contribution in [0.5, 0.6) is 0 Å². The first kappa shape index (κ1) is 38.9. The van der Waals surface area contributed by atoms with Crippen molar-refractivity contribution in [2.24, 2.45) is 0 Å². The number of unbranched alkanes of at least 4 members (excludes halogenated alkanes) is 1. The molecule has 12 heteroatoms. The van der Waals surface area contributed by atoms with E-state index in [1.807, 2.05) is 51.1 Å². The van der Waals surface area contributed by atoms with Gasteiger partial charge < -0.3 is 20.2 Å². The fourth-order valence-corrected chi connectivity index (χ4v) is 5.60. The van der Waals surface area contributed by atoms with E-state index in [-0.39, 0.29) is 41.5 Å². The molecule has 0 aromatic heterocycles. The predicted molar refractivity (Wildman–Crippen MR) is 182 cm³/mol. The molecule has 2 rings (SSSR count). The van der Waals surface area contributed by atoms with Gasteiger partial charge in [-0.1, -0.05) is 57.5 Å². The quantitative estimate of drug-likeness (QED) is 0.196. The molecule has 0 heterocycles. The van der Waals surface area contributed by atoms with Crippen LogP contribution in [0.25, 0.3) is 0 Å². The molecule has 256 valence electrons. The fourth-order valence-electron chi connectivity index (χ4n) is 4.87. The van der Waals surface area contributed by atoms with Crippen molar-refractivity contribution in [3.05, 3.63) is 70.8 Å². The highest BCUT2D eigenvalue weighted by atomic mass is 32.2. The number of hydrogen-bond acceptors (Lipinski definition) is 7. The zero-order valence-electron chi connectivity index (χ0n) is 28.5. The zero-order valence-corrected chi connectivity index (χ0v) is 29.3. The average molecular weight is 660 g/mol. The maximum absolute atomic E-state index is 13.9. The highest BCUT2D eigenvalue weighted by Crippen LogP contribution is 2.17. The Kier molecular flexibility index (Phi) is 15.8. The Morgan fingerprint density at radius 3 is 1.91 bits per heavy atom. The Morgan fingerprint density at radius 1 is 0.826 bits per heavy atom. The molecule has 0 spiro atoms. The van der Waals surface area contributed by atoms with Gasteiger partial charge in [0, 0.05) is 57.0 Å². The van der Waals surface area contributed by atoms with Gasteiger partial charge in [0.2, 0.25) is 10.0 Å². The summed E-state index contributed by atoms with van der Waals surface area (Å²) in [6.45, 7) is 10.5. The summed E-state index contributed by atoms with van der Waals surface area (Å²) in [7, 11) is -0.470. The third-order valence-electron chi connectivity index (χ3n) is 7.51. The second-order valence-electron chi connectivity index (χ2n) is 12.1. The summed E-state index contributed by atoms with van der Waals surface area (Å²) in [5, 5.41) is 15.2. The van der Waals surface area contributed by atoms with E-state index in [1.165, 1.54) is 28.1 Å². The number of aliphatic hydroxyl groups excluding tert-OH is 1. The molecule has 2 aromatic rings. The average Bonchev–Trinajstić information content (AvgIpc) is 3.02. The van der Waals surface area contributed by atoms with Crippen LogP contribution >= 0.6 is 0 Å². The molecule has 0 radical (unpaired) electrons. The number of aliphatic hydroxyl groups is 1. The number of rotatable bonds is 19. The second-order valence-corrected chi connectivity index (χ2v) is 14.3. The summed E-state index contributed by atoms with van der Waals surface area (Å²) < 4.78 is 25.4. The molecule has 0 fully saturated rings. The summed E-state index contributed by atoms with van der Waals surface area (Å²) in [5.41, 5.74) is 1.39. The van der Waals surface area contributed by atoms with E-state index >= 15 is 0 Å². The van der Waals surface area contributed by atoms with Gasteiger partial charge in [-0.3, -0.25) is 14.4 Å². The van der Waals surface area contributed by atoms with Crippen LogP contribution in [-0.4, -0.2) is 104 Å². The van der Waals surface area contributed by atoms with Gasteiger partial charge in [0.25, 0.3) is 17.7 Å². The van der Waals surface area contributed by atoms with Crippen molar-refractivity contribution in [2.75, 3.05) is 40.3 Å². The lowest BCUT2D eigenvalue weighted by Crippen LogP contribution is -2.54. The number of nitrogens with zero attached hydrogens (tertiary/aromatic N) is 3. The number of carbonyl (C=O) groups is 3. The Labute approximate surface area is 275 Å². The van der Waals surface area contributed by atoms with E-state index < -0.39 is 33.3 Å². The number of hydrazine groups is 1. The lowest BCUT2D eigenvalue weighted by atomic mass is 9.99. The SMILES string of the molecule is CCCCN(CC(O)C(Cc1ccccc1)NC(=O)c1cc(C(=O)N(C)C)cc(C(=O)N(CCC)CCC)c1)NS(=O)(=O)C(C)C. The molecule has 0 aliphatic heterocycles. The largest absolute Gasteiger partial charge is 0.390 e. The monoisotopic (exact) mass is 659 g/mol. The maximum Gasteiger partial charge on any atom is 0.253 e. The Balaban J connectivity index is 2.50. The first-order valence-corrected chi connectivity index (χ1v) is 17.7. The van der Waals surface area contributed by atoms with Crippen molar-refractivity contribution in [1.29, 1.82) is 0 Å². The standard InChI is InChI=1S/C34H53N5O6S/c1-8-11-19-39(36-46(44,45)25(4)5)24-31(40)30(20-26-15-13-12-14-16-26)35-32(41)27-21-28(33(42)37(6)7)23-29(22-27)34(43)38(17-9-2)18-10-3/h12-16,21-23,25,30-31,36,40H,8-11,17-20,24H2,1-7H3,(H,35,41). The summed E-state index contributed by atoms with van der Waals surface area (Å²) in [4.78, 5) is 46.1. The number of nitrogens with one attached hydrogen (secondary N) is 2. The van der Waals surface area contributed by atoms with Crippen LogP contribution in [0.4, 0.5) is 0 Å². The Bertz CT molecular complexity index is 1380. The van der Waals surface area contributed by atoms with Crippen molar-refractivity contribution < 1.29 is 27.9 Å². The van der Waals surface area contributed by atoms with Crippen molar-refractivity contribution >= 4 is 27.7 Å². The number of carbonyl (C=O) groups excluding carboxylic acids is 3. The molecule has 3 amide bonds. The lowest BCUT2D eigenvalue weighted by molar-refractivity contribution is 0.0613. The molecule has 2 unspecified atom stereocenters. The van der Waals surface area contributed by atoms with E-state index in [4.69, 9.17) is 0 Å². The van der Waals surface area contributed by atoms with Gasteiger partial charge in [-0.25, -0.2) is 13.4 Å². The van der Waals surface area contributed by atoms with Crippen molar-refractivity contribution in [3.63, 3.8) is 0 Å². The Morgan fingerprint density at radius 2 is 1.39 bits per heavy atom. The van der Waals surface area contributed by atoms with E-state index in [1.54, 1.807) is 32.8 Å². The number of amides is 3. The molecule has 0 saturated carbocycles. The lowest BCUT2D eigenvalue weighted by Gasteiger charge is -2.31. The third kappa shape index (κ3) is 11.8. The first-order chi connectivity index (χ1) is 21.7. The van der Waals surface area contributed by atoms with Gasteiger partial charge in [-0.05, 0) is 63.3 Å². The Hall–Kier alpha value is -3.32.